The number of Topliss-reactive ketones (excluding diaryl/α,β-unsaturated/α-hetero) is 1. The number of phenols is 1. The zero-order valence-corrected chi connectivity index (χ0v) is 16.9. The number of ketones is 1. The Morgan fingerprint density at radius 3 is 2.63 bits per heavy atom. The molecule has 7 heteroatoms. The first-order valence-electron chi connectivity index (χ1n) is 10.2. The molecule has 1 N–H and O–H groups in total. The summed E-state index contributed by atoms with van der Waals surface area (Å²) < 4.78 is 5.94. The maximum atomic E-state index is 13.0. The van der Waals surface area contributed by atoms with Gasteiger partial charge in [-0.1, -0.05) is 25.0 Å². The van der Waals surface area contributed by atoms with Crippen LogP contribution < -0.4 is 4.74 Å². The van der Waals surface area contributed by atoms with E-state index in [4.69, 9.17) is 4.74 Å². The number of carbonyl (C=O) groups excluding carboxylic acids is 1. The van der Waals surface area contributed by atoms with Gasteiger partial charge in [0, 0.05) is 18.7 Å². The Morgan fingerprint density at radius 2 is 1.93 bits per heavy atom. The summed E-state index contributed by atoms with van der Waals surface area (Å²) in [7, 11) is 0. The number of phenolic OH excluding ortho intramolecular Hbond substituents is 1. The van der Waals surface area contributed by atoms with Crippen LogP contribution in [0.2, 0.25) is 0 Å². The van der Waals surface area contributed by atoms with E-state index in [0.29, 0.717) is 34.5 Å². The Bertz CT molecular complexity index is 1040. The fourth-order valence-electron chi connectivity index (χ4n) is 4.13. The van der Waals surface area contributed by atoms with E-state index in [2.05, 4.69) is 4.90 Å². The van der Waals surface area contributed by atoms with E-state index < -0.39 is 4.92 Å². The molecule has 0 spiro atoms. The fraction of sp³-hybridized carbons (Fsp3) is 0.348. The minimum absolute atomic E-state index is 0.0528. The predicted octanol–water partition coefficient (Wildman–Crippen LogP) is 4.60. The van der Waals surface area contributed by atoms with Gasteiger partial charge in [-0.25, -0.2) is 0 Å². The predicted molar refractivity (Wildman–Crippen MR) is 113 cm³/mol. The summed E-state index contributed by atoms with van der Waals surface area (Å²) in [5.41, 5.74) is 2.18. The third-order valence-electron chi connectivity index (χ3n) is 5.68. The van der Waals surface area contributed by atoms with Crippen molar-refractivity contribution in [3.05, 3.63) is 68.5 Å². The quantitative estimate of drug-likeness (QED) is 0.451. The zero-order valence-electron chi connectivity index (χ0n) is 16.9. The number of nitro groups is 1. The maximum Gasteiger partial charge on any atom is 0.270 e. The number of aromatic hydroxyl groups is 1. The molecule has 2 aliphatic heterocycles. The summed E-state index contributed by atoms with van der Waals surface area (Å²) in [6, 6.07) is 7.66. The Morgan fingerprint density at radius 1 is 1.20 bits per heavy atom. The molecule has 30 heavy (non-hydrogen) atoms. The summed E-state index contributed by atoms with van der Waals surface area (Å²) in [5.74, 6) is 0.362. The van der Waals surface area contributed by atoms with Crippen molar-refractivity contribution in [3.63, 3.8) is 0 Å². The molecule has 0 unspecified atom stereocenters. The molecule has 0 saturated carbocycles. The van der Waals surface area contributed by atoms with Gasteiger partial charge in [-0.3, -0.25) is 19.8 Å². The van der Waals surface area contributed by atoms with E-state index in [0.717, 1.165) is 25.9 Å². The molecule has 1 fully saturated rings. The summed E-state index contributed by atoms with van der Waals surface area (Å²) in [4.78, 5) is 25.9. The van der Waals surface area contributed by atoms with Crippen molar-refractivity contribution in [1.29, 1.82) is 0 Å². The van der Waals surface area contributed by atoms with Gasteiger partial charge in [-0.05, 0) is 56.1 Å². The molecule has 2 aromatic rings. The van der Waals surface area contributed by atoms with E-state index in [1.807, 2.05) is 0 Å². The molecular formula is C23H24N2O5. The van der Waals surface area contributed by atoms with Crippen LogP contribution in [0.25, 0.3) is 6.08 Å². The first kappa shape index (κ1) is 20.1. The van der Waals surface area contributed by atoms with Crippen molar-refractivity contribution in [2.24, 2.45) is 0 Å². The van der Waals surface area contributed by atoms with Crippen LogP contribution in [0.15, 0.2) is 36.1 Å². The highest BCUT2D eigenvalue weighted by molar-refractivity contribution is 6.15. The minimum Gasteiger partial charge on any atom is -0.507 e. The normalized spacial score (nSPS) is 18.2. The number of nitro benzene ring substituents is 1. The lowest BCUT2D eigenvalue weighted by Gasteiger charge is -2.21. The molecule has 4 rings (SSSR count). The lowest BCUT2D eigenvalue weighted by atomic mass is 9.99. The van der Waals surface area contributed by atoms with Crippen LogP contribution >= 0.6 is 0 Å². The third kappa shape index (κ3) is 3.93. The highest BCUT2D eigenvalue weighted by atomic mass is 16.6. The Labute approximate surface area is 174 Å². The third-order valence-corrected chi connectivity index (χ3v) is 5.68. The molecule has 2 aromatic carbocycles. The fourth-order valence-corrected chi connectivity index (χ4v) is 4.13. The summed E-state index contributed by atoms with van der Waals surface area (Å²) in [5, 5.41) is 21.6. The minimum atomic E-state index is -0.477. The second kappa shape index (κ2) is 8.28. The van der Waals surface area contributed by atoms with E-state index >= 15 is 0 Å². The van der Waals surface area contributed by atoms with Crippen molar-refractivity contribution in [2.75, 3.05) is 13.1 Å². The first-order valence-corrected chi connectivity index (χ1v) is 10.2. The number of hydrogen-bond acceptors (Lipinski definition) is 6. The molecule has 0 radical (unpaired) electrons. The van der Waals surface area contributed by atoms with Crippen LogP contribution in [0.3, 0.4) is 0 Å². The number of carbonyl (C=O) groups is 1. The van der Waals surface area contributed by atoms with Crippen LogP contribution in [0.1, 0.15) is 52.7 Å². The smallest absolute Gasteiger partial charge is 0.270 e. The molecule has 0 aromatic heterocycles. The van der Waals surface area contributed by atoms with E-state index in [9.17, 15) is 20.0 Å². The number of fused-ring (bicyclic) bond motifs is 1. The van der Waals surface area contributed by atoms with Gasteiger partial charge in [0.05, 0.1) is 16.1 Å². The van der Waals surface area contributed by atoms with Gasteiger partial charge >= 0.3 is 0 Å². The van der Waals surface area contributed by atoms with Gasteiger partial charge in [0.1, 0.15) is 11.5 Å². The van der Waals surface area contributed by atoms with Gasteiger partial charge in [0.15, 0.2) is 5.76 Å². The van der Waals surface area contributed by atoms with Gasteiger partial charge in [-0.15, -0.1) is 0 Å². The number of non-ortho nitro benzene ring substituents is 1. The Hall–Kier alpha value is -3.19. The van der Waals surface area contributed by atoms with E-state index in [-0.39, 0.29) is 23.0 Å². The number of likely N-dealkylation sites (tertiary alicyclic amines) is 1. The van der Waals surface area contributed by atoms with Crippen molar-refractivity contribution in [1.82, 2.24) is 4.90 Å². The van der Waals surface area contributed by atoms with Crippen LogP contribution in [-0.4, -0.2) is 33.8 Å². The first-order chi connectivity index (χ1) is 14.4. The SMILES string of the molecule is Cc1cc(O)c(CN2CCCCCC2)c2c1C(=O)/C(=C/c1cccc([N+](=O)[O-])c1)O2. The van der Waals surface area contributed by atoms with Crippen LogP contribution in [-0.2, 0) is 6.54 Å². The van der Waals surface area contributed by atoms with Crippen molar-refractivity contribution >= 4 is 17.5 Å². The average molecular weight is 408 g/mol. The maximum absolute atomic E-state index is 13.0. The van der Waals surface area contributed by atoms with Crippen LogP contribution in [0.4, 0.5) is 5.69 Å². The second-order valence-corrected chi connectivity index (χ2v) is 7.88. The van der Waals surface area contributed by atoms with Crippen molar-refractivity contribution < 1.29 is 19.6 Å². The topological polar surface area (TPSA) is 92.9 Å². The van der Waals surface area contributed by atoms with Crippen molar-refractivity contribution in [2.45, 2.75) is 39.2 Å². The summed E-state index contributed by atoms with van der Waals surface area (Å²) in [6.45, 7) is 4.19. The number of hydrogen-bond donors (Lipinski definition) is 1. The van der Waals surface area contributed by atoms with E-state index in [1.165, 1.54) is 31.1 Å². The number of allylic oxidation sites excluding steroid dienone is 1. The number of rotatable bonds is 4. The lowest BCUT2D eigenvalue weighted by molar-refractivity contribution is -0.384. The molecule has 0 atom stereocenters. The molecular weight excluding hydrogens is 384 g/mol. The molecule has 2 heterocycles. The standard InChI is InChI=1S/C23H24N2O5/c1-15-11-19(26)18(14-24-9-4-2-3-5-10-24)23-21(15)22(27)20(30-23)13-16-7-6-8-17(12-16)25(28)29/h6-8,11-13,26H,2-5,9-10,14H2,1H3/b20-13-. The molecule has 156 valence electrons. The molecule has 0 bridgehead atoms. The average Bonchev–Trinajstić information content (AvgIpc) is 2.88. The number of nitrogens with zero attached hydrogens (tertiary/aromatic N) is 2. The lowest BCUT2D eigenvalue weighted by Crippen LogP contribution is -2.24. The highest BCUT2D eigenvalue weighted by Gasteiger charge is 2.33. The van der Waals surface area contributed by atoms with Gasteiger partial charge in [-0.2, -0.15) is 0 Å². The van der Waals surface area contributed by atoms with Crippen LogP contribution in [0.5, 0.6) is 11.5 Å². The van der Waals surface area contributed by atoms with Gasteiger partial charge < -0.3 is 9.84 Å². The molecule has 1 saturated heterocycles. The van der Waals surface area contributed by atoms with E-state index in [1.54, 1.807) is 25.1 Å². The number of benzene rings is 2. The monoisotopic (exact) mass is 408 g/mol. The molecule has 0 aliphatic carbocycles. The summed E-state index contributed by atoms with van der Waals surface area (Å²) in [6.07, 6.45) is 6.17. The number of ether oxygens (including phenoxy) is 1. The zero-order chi connectivity index (χ0) is 21.3. The van der Waals surface area contributed by atoms with Crippen molar-refractivity contribution in [3.8, 4) is 11.5 Å². The molecule has 7 nitrogen and oxygen atoms in total. The summed E-state index contributed by atoms with van der Waals surface area (Å²) >= 11 is 0. The number of aryl methyl sites for hydroxylation is 1. The van der Waals surface area contributed by atoms with Gasteiger partial charge in [0.2, 0.25) is 5.78 Å². The highest BCUT2D eigenvalue weighted by Crippen LogP contribution is 2.42. The van der Waals surface area contributed by atoms with Crippen LogP contribution in [0, 0.1) is 17.0 Å². The Kier molecular flexibility index (Phi) is 5.55. The Balaban J connectivity index is 1.68. The molecule has 0 amide bonds. The molecule has 2 aliphatic rings. The largest absolute Gasteiger partial charge is 0.507 e. The second-order valence-electron chi connectivity index (χ2n) is 7.88. The van der Waals surface area contributed by atoms with Gasteiger partial charge in [0.25, 0.3) is 5.69 Å².